The predicted molar refractivity (Wildman–Crippen MR) is 22.6 cm³/mol. The van der Waals surface area contributed by atoms with Crippen molar-refractivity contribution in [2.45, 2.75) is 6.42 Å². The molecule has 39 valence electrons. The van der Waals surface area contributed by atoms with E-state index in [0.717, 1.165) is 6.29 Å². The molecular formula is C4H8O2Y. The first-order chi connectivity index (χ1) is 2.91. The van der Waals surface area contributed by atoms with Crippen molar-refractivity contribution < 1.29 is 42.2 Å². The molecule has 0 rings (SSSR count). The van der Waals surface area contributed by atoms with Crippen molar-refractivity contribution in [1.82, 2.24) is 0 Å². The first-order valence-corrected chi connectivity index (χ1v) is 1.84. The van der Waals surface area contributed by atoms with Crippen molar-refractivity contribution in [3.05, 3.63) is 0 Å². The molecule has 0 aromatic carbocycles. The van der Waals surface area contributed by atoms with Gasteiger partial charge in [0.25, 0.3) is 0 Å². The summed E-state index contributed by atoms with van der Waals surface area (Å²) < 4.78 is 4.55. The molecule has 0 unspecified atom stereocenters. The molecule has 1 radical (unpaired) electrons. The Kier molecular flexibility index (Phi) is 15.1. The molecule has 0 amide bonds. The number of rotatable bonds is 3. The van der Waals surface area contributed by atoms with Crippen LogP contribution < -0.4 is 0 Å². The van der Waals surface area contributed by atoms with Gasteiger partial charge in [-0.25, -0.2) is 0 Å². The van der Waals surface area contributed by atoms with Crippen LogP contribution in [0.2, 0.25) is 0 Å². The summed E-state index contributed by atoms with van der Waals surface area (Å²) in [7, 11) is 1.57. The molecule has 0 aliphatic carbocycles. The maximum Gasteiger partial charge on any atom is 0.122 e. The molecule has 7 heavy (non-hydrogen) atoms. The van der Waals surface area contributed by atoms with Crippen molar-refractivity contribution in [1.29, 1.82) is 0 Å². The van der Waals surface area contributed by atoms with Crippen molar-refractivity contribution in [2.75, 3.05) is 13.7 Å². The summed E-state index contributed by atoms with van der Waals surface area (Å²) in [6.07, 6.45) is 1.35. The molecule has 0 N–H and O–H groups in total. The summed E-state index contributed by atoms with van der Waals surface area (Å²) >= 11 is 0. The van der Waals surface area contributed by atoms with Gasteiger partial charge in [-0.3, -0.25) is 0 Å². The smallest absolute Gasteiger partial charge is 0.122 e. The summed E-state index contributed by atoms with van der Waals surface area (Å²) in [4.78, 5) is 9.48. The third kappa shape index (κ3) is 10.8. The summed E-state index contributed by atoms with van der Waals surface area (Å²) in [5, 5.41) is 0. The number of hydrogen-bond donors (Lipinski definition) is 0. The summed E-state index contributed by atoms with van der Waals surface area (Å²) in [5.41, 5.74) is 0. The summed E-state index contributed by atoms with van der Waals surface area (Å²) in [6, 6.07) is 0. The molecule has 0 aliphatic rings. The van der Waals surface area contributed by atoms with Gasteiger partial charge in [0.2, 0.25) is 0 Å². The van der Waals surface area contributed by atoms with Crippen molar-refractivity contribution in [3.8, 4) is 0 Å². The molecule has 0 bridgehead atoms. The molecular weight excluding hydrogens is 169 g/mol. The number of ether oxygens (including phenoxy) is 1. The van der Waals surface area contributed by atoms with E-state index >= 15 is 0 Å². The average Bonchev–Trinajstić information content (AvgIpc) is 1.61. The zero-order valence-corrected chi connectivity index (χ0v) is 7.22. The Morgan fingerprint density at radius 2 is 2.29 bits per heavy atom. The van der Waals surface area contributed by atoms with Gasteiger partial charge in [0.1, 0.15) is 6.29 Å². The van der Waals surface area contributed by atoms with Gasteiger partial charge in [-0.15, -0.1) is 0 Å². The number of hydrogen-bond acceptors (Lipinski definition) is 2. The van der Waals surface area contributed by atoms with Crippen LogP contribution in [0.5, 0.6) is 0 Å². The van der Waals surface area contributed by atoms with E-state index < -0.39 is 0 Å². The number of methoxy groups -OCH3 is 1. The minimum atomic E-state index is 0. The number of carbonyl (C=O) groups excluding carboxylic acids is 1. The minimum absolute atomic E-state index is 0. The quantitative estimate of drug-likeness (QED) is 0.455. The van der Waals surface area contributed by atoms with Gasteiger partial charge in [-0.05, 0) is 0 Å². The first kappa shape index (κ1) is 10.7. The fraction of sp³-hybridized carbons (Fsp3) is 0.750. The van der Waals surface area contributed by atoms with Gasteiger partial charge in [-0.2, -0.15) is 0 Å². The van der Waals surface area contributed by atoms with E-state index in [1.165, 1.54) is 0 Å². The molecule has 0 saturated carbocycles. The molecule has 0 aliphatic heterocycles. The van der Waals surface area contributed by atoms with Crippen LogP contribution in [0.4, 0.5) is 0 Å². The van der Waals surface area contributed by atoms with E-state index in [0.29, 0.717) is 13.0 Å². The van der Waals surface area contributed by atoms with Crippen LogP contribution in [0.15, 0.2) is 0 Å². The van der Waals surface area contributed by atoms with Gasteiger partial charge in [0, 0.05) is 46.2 Å². The Hall–Kier alpha value is 0.734. The molecule has 3 heteroatoms. The topological polar surface area (TPSA) is 26.3 Å². The van der Waals surface area contributed by atoms with Crippen LogP contribution in [-0.4, -0.2) is 20.0 Å². The van der Waals surface area contributed by atoms with Crippen LogP contribution in [-0.2, 0) is 42.2 Å². The fourth-order valence-electron chi connectivity index (χ4n) is 0.166. The average molecular weight is 177 g/mol. The largest absolute Gasteiger partial charge is 0.384 e. The van der Waals surface area contributed by atoms with Crippen molar-refractivity contribution in [2.24, 2.45) is 0 Å². The standard InChI is InChI=1S/C4H8O2.Y/c1-6-4-2-3-5;/h3H,2,4H2,1H3;. The van der Waals surface area contributed by atoms with E-state index in [-0.39, 0.29) is 32.7 Å². The van der Waals surface area contributed by atoms with Crippen LogP contribution in [0.1, 0.15) is 6.42 Å². The molecule has 0 fully saturated rings. The van der Waals surface area contributed by atoms with E-state index in [4.69, 9.17) is 0 Å². The molecule has 0 aromatic rings. The van der Waals surface area contributed by atoms with Crippen molar-refractivity contribution in [3.63, 3.8) is 0 Å². The normalized spacial score (nSPS) is 7.00. The van der Waals surface area contributed by atoms with E-state index in [9.17, 15) is 4.79 Å². The summed E-state index contributed by atoms with van der Waals surface area (Å²) in [6.45, 7) is 0.545. The maximum absolute atomic E-state index is 9.48. The van der Waals surface area contributed by atoms with Crippen molar-refractivity contribution >= 4 is 6.29 Å². The van der Waals surface area contributed by atoms with Crippen LogP contribution in [0, 0.1) is 0 Å². The maximum atomic E-state index is 9.48. The Bertz CT molecular complexity index is 38.7. The third-order valence-electron chi connectivity index (χ3n) is 0.440. The monoisotopic (exact) mass is 177 g/mol. The van der Waals surface area contributed by atoms with Gasteiger partial charge >= 0.3 is 0 Å². The predicted octanol–water partition coefficient (Wildman–Crippen LogP) is 0.219. The second kappa shape index (κ2) is 9.88. The van der Waals surface area contributed by atoms with E-state index in [2.05, 4.69) is 4.74 Å². The SMILES string of the molecule is COCCC=O.[Y]. The van der Waals surface area contributed by atoms with Crippen LogP contribution in [0.25, 0.3) is 0 Å². The Balaban J connectivity index is 0. The van der Waals surface area contributed by atoms with Crippen LogP contribution >= 0.6 is 0 Å². The number of carbonyl (C=O) groups is 1. The van der Waals surface area contributed by atoms with E-state index in [1.807, 2.05) is 0 Å². The summed E-state index contributed by atoms with van der Waals surface area (Å²) in [5.74, 6) is 0. The first-order valence-electron chi connectivity index (χ1n) is 1.84. The molecule has 0 heterocycles. The third-order valence-corrected chi connectivity index (χ3v) is 0.440. The Labute approximate surface area is 68.5 Å². The molecule has 2 nitrogen and oxygen atoms in total. The molecule has 0 saturated heterocycles. The number of aldehydes is 1. The zero-order chi connectivity index (χ0) is 4.83. The van der Waals surface area contributed by atoms with Gasteiger partial charge in [-0.1, -0.05) is 0 Å². The minimum Gasteiger partial charge on any atom is -0.384 e. The van der Waals surface area contributed by atoms with Gasteiger partial charge in [0.05, 0.1) is 6.61 Å². The molecule has 0 spiro atoms. The Morgan fingerprint density at radius 3 is 2.43 bits per heavy atom. The Morgan fingerprint density at radius 1 is 1.71 bits per heavy atom. The van der Waals surface area contributed by atoms with Gasteiger partial charge < -0.3 is 9.53 Å². The van der Waals surface area contributed by atoms with Crippen LogP contribution in [0.3, 0.4) is 0 Å². The second-order valence-electron chi connectivity index (χ2n) is 0.948. The molecule has 0 atom stereocenters. The fourth-order valence-corrected chi connectivity index (χ4v) is 0.166. The van der Waals surface area contributed by atoms with E-state index in [1.54, 1.807) is 7.11 Å². The van der Waals surface area contributed by atoms with Gasteiger partial charge in [0.15, 0.2) is 0 Å². The zero-order valence-electron chi connectivity index (χ0n) is 4.39. The molecule has 0 aromatic heterocycles. The second-order valence-corrected chi connectivity index (χ2v) is 0.948.